The fourth-order valence-electron chi connectivity index (χ4n) is 1.46. The third-order valence-electron chi connectivity index (χ3n) is 2.61. The highest BCUT2D eigenvalue weighted by Gasteiger charge is 2.33. The van der Waals surface area contributed by atoms with E-state index >= 15 is 0 Å². The van der Waals surface area contributed by atoms with E-state index < -0.39 is 11.5 Å². The first-order valence-corrected chi connectivity index (χ1v) is 5.65. The molecule has 0 saturated carbocycles. The summed E-state index contributed by atoms with van der Waals surface area (Å²) in [6.07, 6.45) is 1.98. The Morgan fingerprint density at radius 1 is 1.44 bits per heavy atom. The summed E-state index contributed by atoms with van der Waals surface area (Å²) in [6.45, 7) is 5.29. The van der Waals surface area contributed by atoms with Gasteiger partial charge in [0.05, 0.1) is 0 Å². The van der Waals surface area contributed by atoms with Crippen molar-refractivity contribution in [3.8, 4) is 0 Å². The lowest BCUT2D eigenvalue weighted by atomic mass is 9.96. The summed E-state index contributed by atoms with van der Waals surface area (Å²) >= 11 is 0. The quantitative estimate of drug-likeness (QED) is 0.605. The summed E-state index contributed by atoms with van der Waals surface area (Å²) in [4.78, 5) is 22.6. The monoisotopic (exact) mass is 230 g/mol. The van der Waals surface area contributed by atoms with Crippen LogP contribution in [0.25, 0.3) is 0 Å². The summed E-state index contributed by atoms with van der Waals surface area (Å²) in [5.41, 5.74) is 4.45. The van der Waals surface area contributed by atoms with E-state index in [0.717, 1.165) is 0 Å². The molecule has 94 valence electrons. The number of hydrogen-bond acceptors (Lipinski definition) is 3. The van der Waals surface area contributed by atoms with Crippen molar-refractivity contribution in [2.75, 3.05) is 0 Å². The van der Waals surface area contributed by atoms with Crippen LogP contribution in [0.5, 0.6) is 0 Å². The molecule has 0 spiro atoms. The molecule has 0 saturated heterocycles. The number of carbonyl (C=O) groups is 2. The molecule has 2 unspecified atom stereocenters. The van der Waals surface area contributed by atoms with Gasteiger partial charge >= 0.3 is 5.97 Å². The zero-order chi connectivity index (χ0) is 12.8. The van der Waals surface area contributed by atoms with Gasteiger partial charge in [0.1, 0.15) is 5.54 Å². The molecule has 4 N–H and O–H groups in total. The van der Waals surface area contributed by atoms with Gasteiger partial charge in [0.15, 0.2) is 0 Å². The Hall–Kier alpha value is -1.10. The Bertz CT molecular complexity index is 256. The lowest BCUT2D eigenvalue weighted by Gasteiger charge is -2.26. The molecule has 0 aromatic rings. The second-order valence-electron chi connectivity index (χ2n) is 4.31. The molecule has 0 aliphatic carbocycles. The maximum absolute atomic E-state index is 11.6. The first-order chi connectivity index (χ1) is 7.35. The predicted octanol–water partition coefficient (Wildman–Crippen LogP) is 0.873. The molecule has 0 heterocycles. The summed E-state index contributed by atoms with van der Waals surface area (Å²) in [7, 11) is 0. The van der Waals surface area contributed by atoms with Gasteiger partial charge in [-0.05, 0) is 19.8 Å². The summed E-state index contributed by atoms with van der Waals surface area (Å²) < 4.78 is 0. The van der Waals surface area contributed by atoms with Gasteiger partial charge in [-0.25, -0.2) is 4.79 Å². The summed E-state index contributed by atoms with van der Waals surface area (Å²) in [6, 6.07) is -0.209. The van der Waals surface area contributed by atoms with Crippen molar-refractivity contribution < 1.29 is 14.7 Å². The second-order valence-corrected chi connectivity index (χ2v) is 4.31. The molecule has 0 aliphatic rings. The molecule has 5 heteroatoms. The Morgan fingerprint density at radius 2 is 2.00 bits per heavy atom. The van der Waals surface area contributed by atoms with Crippen molar-refractivity contribution in [1.29, 1.82) is 0 Å². The van der Waals surface area contributed by atoms with E-state index in [-0.39, 0.29) is 18.4 Å². The normalized spacial score (nSPS) is 16.2. The molecular weight excluding hydrogens is 208 g/mol. The van der Waals surface area contributed by atoms with Crippen LogP contribution in [0, 0.1) is 0 Å². The Balaban J connectivity index is 4.41. The number of hydrogen-bond donors (Lipinski definition) is 3. The van der Waals surface area contributed by atoms with Gasteiger partial charge in [0, 0.05) is 12.5 Å². The lowest BCUT2D eigenvalue weighted by Crippen LogP contribution is -2.52. The van der Waals surface area contributed by atoms with E-state index in [4.69, 9.17) is 10.8 Å². The van der Waals surface area contributed by atoms with Crippen molar-refractivity contribution >= 4 is 11.9 Å². The molecule has 16 heavy (non-hydrogen) atoms. The van der Waals surface area contributed by atoms with E-state index in [1.807, 2.05) is 13.8 Å². The van der Waals surface area contributed by atoms with E-state index in [1.54, 1.807) is 0 Å². The first-order valence-electron chi connectivity index (χ1n) is 5.65. The predicted molar refractivity (Wildman–Crippen MR) is 62.0 cm³/mol. The average Bonchev–Trinajstić information content (AvgIpc) is 2.17. The molecule has 0 aliphatic heterocycles. The SMILES string of the molecule is CCCC(C)(NC(=O)CC(N)CC)C(=O)O. The van der Waals surface area contributed by atoms with E-state index in [9.17, 15) is 9.59 Å². The van der Waals surface area contributed by atoms with Gasteiger partial charge in [-0.2, -0.15) is 0 Å². The van der Waals surface area contributed by atoms with Crippen LogP contribution < -0.4 is 11.1 Å². The molecule has 5 nitrogen and oxygen atoms in total. The third-order valence-corrected chi connectivity index (χ3v) is 2.61. The summed E-state index contributed by atoms with van der Waals surface area (Å²) in [5.74, 6) is -1.31. The number of carboxylic acid groups (broad SMARTS) is 1. The highest BCUT2D eigenvalue weighted by Crippen LogP contribution is 2.13. The number of carbonyl (C=O) groups excluding carboxylic acids is 1. The second kappa shape index (κ2) is 6.48. The molecular formula is C11H22N2O3. The summed E-state index contributed by atoms with van der Waals surface area (Å²) in [5, 5.41) is 11.6. The Morgan fingerprint density at radius 3 is 2.38 bits per heavy atom. The maximum Gasteiger partial charge on any atom is 0.329 e. The van der Waals surface area contributed by atoms with Crippen LogP contribution in [0.1, 0.15) is 46.5 Å². The molecule has 0 radical (unpaired) electrons. The van der Waals surface area contributed by atoms with Crippen LogP contribution in [0.2, 0.25) is 0 Å². The van der Waals surface area contributed by atoms with Crippen LogP contribution in [0.3, 0.4) is 0 Å². The minimum absolute atomic E-state index is 0.170. The first kappa shape index (κ1) is 14.9. The Kier molecular flexibility index (Phi) is 6.03. The van der Waals surface area contributed by atoms with Gasteiger partial charge in [-0.15, -0.1) is 0 Å². The van der Waals surface area contributed by atoms with Crippen molar-refractivity contribution in [2.24, 2.45) is 5.73 Å². The third kappa shape index (κ3) is 4.61. The van der Waals surface area contributed by atoms with Crippen molar-refractivity contribution in [3.05, 3.63) is 0 Å². The number of aliphatic carboxylic acids is 1. The molecule has 1 amide bonds. The van der Waals surface area contributed by atoms with Crippen molar-refractivity contribution in [2.45, 2.75) is 58.0 Å². The minimum atomic E-state index is -1.18. The standard InChI is InChI=1S/C11H22N2O3/c1-4-6-11(3,10(15)16)13-9(14)7-8(12)5-2/h8H,4-7,12H2,1-3H3,(H,13,14)(H,15,16). The zero-order valence-corrected chi connectivity index (χ0v) is 10.2. The number of rotatable bonds is 7. The smallest absolute Gasteiger partial charge is 0.329 e. The van der Waals surface area contributed by atoms with Crippen LogP contribution >= 0.6 is 0 Å². The number of carboxylic acids is 1. The molecule has 2 atom stereocenters. The largest absolute Gasteiger partial charge is 0.480 e. The number of nitrogens with one attached hydrogen (secondary N) is 1. The van der Waals surface area contributed by atoms with Gasteiger partial charge in [-0.3, -0.25) is 4.79 Å². The molecule has 0 rings (SSSR count). The van der Waals surface area contributed by atoms with Crippen LogP contribution in [-0.4, -0.2) is 28.6 Å². The van der Waals surface area contributed by atoms with Gasteiger partial charge in [0.2, 0.25) is 5.91 Å². The zero-order valence-electron chi connectivity index (χ0n) is 10.2. The maximum atomic E-state index is 11.6. The Labute approximate surface area is 96.4 Å². The highest BCUT2D eigenvalue weighted by atomic mass is 16.4. The van der Waals surface area contributed by atoms with Gasteiger partial charge in [-0.1, -0.05) is 20.3 Å². The van der Waals surface area contributed by atoms with E-state index in [2.05, 4.69) is 5.32 Å². The van der Waals surface area contributed by atoms with E-state index in [1.165, 1.54) is 6.92 Å². The minimum Gasteiger partial charge on any atom is -0.480 e. The highest BCUT2D eigenvalue weighted by molar-refractivity contribution is 5.86. The number of amides is 1. The molecule has 0 aromatic heterocycles. The van der Waals surface area contributed by atoms with Crippen molar-refractivity contribution in [3.63, 3.8) is 0 Å². The topological polar surface area (TPSA) is 92.4 Å². The molecule has 0 fully saturated rings. The van der Waals surface area contributed by atoms with Crippen molar-refractivity contribution in [1.82, 2.24) is 5.32 Å². The average molecular weight is 230 g/mol. The molecule has 0 bridgehead atoms. The number of nitrogens with two attached hydrogens (primary N) is 1. The van der Waals surface area contributed by atoms with E-state index in [0.29, 0.717) is 19.3 Å². The fourth-order valence-corrected chi connectivity index (χ4v) is 1.46. The van der Waals surface area contributed by atoms with Crippen LogP contribution in [0.4, 0.5) is 0 Å². The molecule has 0 aromatic carbocycles. The lowest BCUT2D eigenvalue weighted by molar-refractivity contribution is -0.147. The van der Waals surface area contributed by atoms with Crippen LogP contribution in [0.15, 0.2) is 0 Å². The van der Waals surface area contributed by atoms with Gasteiger partial charge < -0.3 is 16.2 Å². The van der Waals surface area contributed by atoms with Gasteiger partial charge in [0.25, 0.3) is 0 Å². The fraction of sp³-hybridized carbons (Fsp3) is 0.818. The van der Waals surface area contributed by atoms with Crippen LogP contribution in [-0.2, 0) is 9.59 Å².